The van der Waals surface area contributed by atoms with E-state index in [1.165, 1.54) is 5.56 Å². The largest absolute Gasteiger partial charge is 0.315 e. The molecule has 5 heteroatoms. The van der Waals surface area contributed by atoms with Gasteiger partial charge in [0.05, 0.1) is 6.20 Å². The molecule has 2 aromatic heterocycles. The lowest BCUT2D eigenvalue weighted by Gasteiger charge is -2.12. The number of rotatable bonds is 6. The Balaban J connectivity index is 2.11. The molecule has 0 fully saturated rings. The van der Waals surface area contributed by atoms with Crippen LogP contribution in [0.3, 0.4) is 0 Å². The average Bonchev–Trinajstić information content (AvgIpc) is 2.46. The molecular formula is C16H23N5. The third-order valence-electron chi connectivity index (χ3n) is 3.37. The van der Waals surface area contributed by atoms with Gasteiger partial charge < -0.3 is 5.32 Å². The minimum absolute atomic E-state index is 0.530. The summed E-state index contributed by atoms with van der Waals surface area (Å²) >= 11 is 0. The first-order valence-corrected chi connectivity index (χ1v) is 7.42. The van der Waals surface area contributed by atoms with Crippen molar-refractivity contribution in [1.82, 2.24) is 25.3 Å². The lowest BCUT2D eigenvalue weighted by atomic mass is 10.1. The van der Waals surface area contributed by atoms with Crippen LogP contribution in [-0.2, 0) is 6.42 Å². The van der Waals surface area contributed by atoms with E-state index >= 15 is 0 Å². The third kappa shape index (κ3) is 4.29. The highest BCUT2D eigenvalue weighted by atomic mass is 14.9. The Labute approximate surface area is 126 Å². The van der Waals surface area contributed by atoms with Crippen molar-refractivity contribution < 1.29 is 0 Å². The Morgan fingerprint density at radius 3 is 2.38 bits per heavy atom. The van der Waals surface area contributed by atoms with Gasteiger partial charge in [0.15, 0.2) is 5.82 Å². The highest BCUT2D eigenvalue weighted by Gasteiger charge is 2.10. The summed E-state index contributed by atoms with van der Waals surface area (Å²) < 4.78 is 0. The van der Waals surface area contributed by atoms with E-state index in [4.69, 9.17) is 0 Å². The Morgan fingerprint density at radius 1 is 1.10 bits per heavy atom. The van der Waals surface area contributed by atoms with Gasteiger partial charge in [0, 0.05) is 29.8 Å². The summed E-state index contributed by atoms with van der Waals surface area (Å²) in [4.78, 5) is 17.5. The van der Waals surface area contributed by atoms with Crippen molar-refractivity contribution in [3.63, 3.8) is 0 Å². The molecule has 0 amide bonds. The van der Waals surface area contributed by atoms with Crippen molar-refractivity contribution in [2.75, 3.05) is 6.54 Å². The molecule has 2 aromatic rings. The molecule has 0 unspecified atom stereocenters. The van der Waals surface area contributed by atoms with Crippen LogP contribution in [0.15, 0.2) is 18.6 Å². The normalized spacial score (nSPS) is 11.1. The van der Waals surface area contributed by atoms with Crippen LogP contribution in [0.1, 0.15) is 37.2 Å². The molecule has 21 heavy (non-hydrogen) atoms. The molecule has 0 aliphatic rings. The van der Waals surface area contributed by atoms with Gasteiger partial charge in [-0.3, -0.25) is 4.98 Å². The number of aryl methyl sites for hydroxylation is 2. The van der Waals surface area contributed by atoms with Gasteiger partial charge >= 0.3 is 0 Å². The Kier molecular flexibility index (Phi) is 5.33. The van der Waals surface area contributed by atoms with Gasteiger partial charge in [0.1, 0.15) is 5.69 Å². The highest BCUT2D eigenvalue weighted by molar-refractivity contribution is 5.48. The summed E-state index contributed by atoms with van der Waals surface area (Å²) in [5, 5.41) is 3.43. The summed E-state index contributed by atoms with van der Waals surface area (Å²) in [7, 11) is 0. The van der Waals surface area contributed by atoms with Crippen molar-refractivity contribution in [2.45, 2.75) is 46.6 Å². The van der Waals surface area contributed by atoms with E-state index in [-0.39, 0.29) is 0 Å². The van der Waals surface area contributed by atoms with E-state index in [0.717, 1.165) is 36.5 Å². The summed E-state index contributed by atoms with van der Waals surface area (Å²) in [5.74, 6) is 0.655. The maximum atomic E-state index is 4.58. The van der Waals surface area contributed by atoms with E-state index in [1.807, 2.05) is 13.8 Å². The fourth-order valence-electron chi connectivity index (χ4n) is 2.29. The molecule has 0 radical (unpaired) electrons. The summed E-state index contributed by atoms with van der Waals surface area (Å²) in [5.41, 5.74) is 4.03. The van der Waals surface area contributed by atoms with Gasteiger partial charge in [0.2, 0.25) is 0 Å². The van der Waals surface area contributed by atoms with Crippen molar-refractivity contribution in [2.24, 2.45) is 0 Å². The molecule has 2 heterocycles. The second kappa shape index (κ2) is 7.22. The molecule has 0 aliphatic carbocycles. The lowest BCUT2D eigenvalue weighted by Crippen LogP contribution is -2.24. The van der Waals surface area contributed by atoms with Crippen molar-refractivity contribution in [3.8, 4) is 11.5 Å². The molecule has 0 aromatic carbocycles. The van der Waals surface area contributed by atoms with Crippen LogP contribution >= 0.6 is 0 Å². The smallest absolute Gasteiger partial charge is 0.180 e. The molecule has 0 aliphatic heterocycles. The molecule has 0 atom stereocenters. The monoisotopic (exact) mass is 285 g/mol. The second-order valence-corrected chi connectivity index (χ2v) is 5.50. The molecule has 0 saturated carbocycles. The first kappa shape index (κ1) is 15.5. The number of aromatic nitrogens is 4. The maximum Gasteiger partial charge on any atom is 0.180 e. The third-order valence-corrected chi connectivity index (χ3v) is 3.37. The highest BCUT2D eigenvalue weighted by Crippen LogP contribution is 2.17. The minimum atomic E-state index is 0.530. The van der Waals surface area contributed by atoms with Crippen molar-refractivity contribution in [3.05, 3.63) is 35.5 Å². The summed E-state index contributed by atoms with van der Waals surface area (Å²) in [6, 6.07) is 0.530. The van der Waals surface area contributed by atoms with E-state index in [0.29, 0.717) is 11.9 Å². The number of hydrogen-bond acceptors (Lipinski definition) is 5. The van der Waals surface area contributed by atoms with Crippen LogP contribution in [-0.4, -0.2) is 32.5 Å². The first-order chi connectivity index (χ1) is 10.1. The second-order valence-electron chi connectivity index (χ2n) is 5.50. The quantitative estimate of drug-likeness (QED) is 0.826. The molecule has 0 spiro atoms. The molecule has 112 valence electrons. The number of nitrogens with zero attached hydrogens (tertiary/aromatic N) is 4. The van der Waals surface area contributed by atoms with Crippen LogP contribution in [0.2, 0.25) is 0 Å². The summed E-state index contributed by atoms with van der Waals surface area (Å²) in [6.07, 6.45) is 7.10. The Morgan fingerprint density at radius 2 is 1.81 bits per heavy atom. The van der Waals surface area contributed by atoms with Gasteiger partial charge in [-0.1, -0.05) is 13.8 Å². The zero-order valence-corrected chi connectivity index (χ0v) is 13.2. The van der Waals surface area contributed by atoms with Gasteiger partial charge in [0.25, 0.3) is 0 Å². The van der Waals surface area contributed by atoms with Crippen LogP contribution in [0.25, 0.3) is 11.5 Å². The SMILES string of the molecule is Cc1nc(-c2cnccn2)nc(C)c1CCCNC(C)C. The molecule has 0 saturated heterocycles. The number of nitrogens with one attached hydrogen (secondary N) is 1. The van der Waals surface area contributed by atoms with E-state index in [2.05, 4.69) is 39.1 Å². The predicted molar refractivity (Wildman–Crippen MR) is 84.0 cm³/mol. The van der Waals surface area contributed by atoms with Gasteiger partial charge in [-0.25, -0.2) is 15.0 Å². The average molecular weight is 285 g/mol. The standard InChI is InChI=1S/C16H23N5/c1-11(2)18-7-5-6-14-12(3)20-16(21-13(14)4)15-10-17-8-9-19-15/h8-11,18H,5-7H2,1-4H3. The van der Waals surface area contributed by atoms with Crippen LogP contribution < -0.4 is 5.32 Å². The van der Waals surface area contributed by atoms with E-state index in [9.17, 15) is 0 Å². The first-order valence-electron chi connectivity index (χ1n) is 7.42. The van der Waals surface area contributed by atoms with Crippen LogP contribution in [0, 0.1) is 13.8 Å². The fraction of sp³-hybridized carbons (Fsp3) is 0.500. The fourth-order valence-corrected chi connectivity index (χ4v) is 2.29. The zero-order valence-electron chi connectivity index (χ0n) is 13.2. The topological polar surface area (TPSA) is 63.6 Å². The summed E-state index contributed by atoms with van der Waals surface area (Å²) in [6.45, 7) is 9.42. The van der Waals surface area contributed by atoms with Crippen LogP contribution in [0.4, 0.5) is 0 Å². The van der Waals surface area contributed by atoms with E-state index in [1.54, 1.807) is 18.6 Å². The van der Waals surface area contributed by atoms with Crippen molar-refractivity contribution in [1.29, 1.82) is 0 Å². The zero-order chi connectivity index (χ0) is 15.2. The van der Waals surface area contributed by atoms with E-state index < -0.39 is 0 Å². The number of hydrogen-bond donors (Lipinski definition) is 1. The Hall–Kier alpha value is -1.88. The molecule has 0 bridgehead atoms. The molecule has 2 rings (SSSR count). The lowest BCUT2D eigenvalue weighted by molar-refractivity contribution is 0.569. The molecular weight excluding hydrogens is 262 g/mol. The molecule has 5 nitrogen and oxygen atoms in total. The molecule has 1 N–H and O–H groups in total. The van der Waals surface area contributed by atoms with Crippen LogP contribution in [0.5, 0.6) is 0 Å². The predicted octanol–water partition coefficient (Wildman–Crippen LogP) is 2.48. The Bertz CT molecular complexity index is 557. The van der Waals surface area contributed by atoms with Gasteiger partial charge in [-0.15, -0.1) is 0 Å². The van der Waals surface area contributed by atoms with Gasteiger partial charge in [-0.05, 0) is 38.8 Å². The van der Waals surface area contributed by atoms with Crippen molar-refractivity contribution >= 4 is 0 Å². The minimum Gasteiger partial charge on any atom is -0.315 e. The maximum absolute atomic E-state index is 4.58. The van der Waals surface area contributed by atoms with Gasteiger partial charge in [-0.2, -0.15) is 0 Å².